The summed E-state index contributed by atoms with van der Waals surface area (Å²) in [6.07, 6.45) is 5.68. The van der Waals surface area contributed by atoms with Gasteiger partial charge in [0.2, 0.25) is 0 Å². The molecule has 0 bridgehead atoms. The molecule has 1 fully saturated rings. The summed E-state index contributed by atoms with van der Waals surface area (Å²) >= 11 is 0. The zero-order valence-corrected chi connectivity index (χ0v) is 7.70. The lowest BCUT2D eigenvalue weighted by atomic mass is 9.58. The minimum atomic E-state index is -0.219. The number of nitriles is 1. The Hall–Kier alpha value is -1.36. The maximum absolute atomic E-state index is 9.19. The van der Waals surface area contributed by atoms with Crippen LogP contribution in [-0.4, -0.2) is 4.98 Å². The molecule has 66 valence electrons. The van der Waals surface area contributed by atoms with Crippen LogP contribution < -0.4 is 0 Å². The average molecular weight is 172 g/mol. The Morgan fingerprint density at radius 1 is 1.54 bits per heavy atom. The van der Waals surface area contributed by atoms with Crippen molar-refractivity contribution in [3.8, 4) is 6.07 Å². The smallest absolute Gasteiger partial charge is 0.0849 e. The number of aromatic nitrogens is 1. The molecular formula is C11H12N2. The van der Waals surface area contributed by atoms with Crippen molar-refractivity contribution in [1.29, 1.82) is 5.26 Å². The normalized spacial score (nSPS) is 31.8. The van der Waals surface area contributed by atoms with Gasteiger partial charge in [-0.15, -0.1) is 0 Å². The van der Waals surface area contributed by atoms with E-state index in [2.05, 4.69) is 18.0 Å². The van der Waals surface area contributed by atoms with Gasteiger partial charge in [0.25, 0.3) is 0 Å². The van der Waals surface area contributed by atoms with Crippen LogP contribution in [0.1, 0.15) is 25.3 Å². The van der Waals surface area contributed by atoms with Crippen molar-refractivity contribution in [3.05, 3.63) is 30.1 Å². The van der Waals surface area contributed by atoms with Crippen molar-refractivity contribution in [3.63, 3.8) is 0 Å². The molecule has 2 nitrogen and oxygen atoms in total. The Bertz CT molecular complexity index is 339. The Kier molecular flexibility index (Phi) is 1.81. The minimum Gasteiger partial charge on any atom is -0.265 e. The van der Waals surface area contributed by atoms with Crippen LogP contribution in [0.5, 0.6) is 0 Å². The summed E-state index contributed by atoms with van der Waals surface area (Å²) in [5, 5.41) is 9.19. The van der Waals surface area contributed by atoms with E-state index < -0.39 is 0 Å². The molecule has 0 radical (unpaired) electrons. The molecule has 0 spiro atoms. The molecule has 1 aromatic heterocycles. The Morgan fingerprint density at radius 3 is 2.62 bits per heavy atom. The maximum atomic E-state index is 9.19. The second-order valence-corrected chi connectivity index (χ2v) is 3.76. The van der Waals surface area contributed by atoms with Crippen molar-refractivity contribution in [1.82, 2.24) is 4.98 Å². The predicted octanol–water partition coefficient (Wildman–Crippen LogP) is 2.27. The monoisotopic (exact) mass is 172 g/mol. The van der Waals surface area contributed by atoms with Crippen molar-refractivity contribution in [2.45, 2.75) is 25.2 Å². The molecule has 2 heteroatoms. The van der Waals surface area contributed by atoms with E-state index in [1.54, 1.807) is 12.4 Å². The van der Waals surface area contributed by atoms with E-state index in [0.717, 1.165) is 18.4 Å². The molecule has 2 unspecified atom stereocenters. The third-order valence-electron chi connectivity index (χ3n) is 3.21. The molecular weight excluding hydrogens is 160 g/mol. The van der Waals surface area contributed by atoms with Gasteiger partial charge in [-0.05, 0) is 36.5 Å². The lowest BCUT2D eigenvalue weighted by molar-refractivity contribution is 0.201. The number of pyridine rings is 1. The minimum absolute atomic E-state index is 0.219. The van der Waals surface area contributed by atoms with E-state index in [0.29, 0.717) is 5.92 Å². The van der Waals surface area contributed by atoms with E-state index in [-0.39, 0.29) is 5.41 Å². The lowest BCUT2D eigenvalue weighted by Gasteiger charge is -2.42. The van der Waals surface area contributed by atoms with Gasteiger partial charge in [0.15, 0.2) is 0 Å². The SMILES string of the molecule is CC1CCC1(C#N)c1ccncc1. The summed E-state index contributed by atoms with van der Waals surface area (Å²) in [5.74, 6) is 0.486. The fourth-order valence-electron chi connectivity index (χ4n) is 2.03. The van der Waals surface area contributed by atoms with Gasteiger partial charge >= 0.3 is 0 Å². The molecule has 0 N–H and O–H groups in total. The summed E-state index contributed by atoms with van der Waals surface area (Å²) in [6.45, 7) is 2.15. The summed E-state index contributed by atoms with van der Waals surface area (Å²) in [5.41, 5.74) is 0.909. The summed E-state index contributed by atoms with van der Waals surface area (Å²) in [7, 11) is 0. The van der Waals surface area contributed by atoms with Crippen LogP contribution in [0.2, 0.25) is 0 Å². The average Bonchev–Trinajstić information content (AvgIpc) is 2.19. The highest BCUT2D eigenvalue weighted by Gasteiger charge is 2.45. The Balaban J connectivity index is 2.40. The molecule has 2 rings (SSSR count). The molecule has 1 saturated carbocycles. The van der Waals surface area contributed by atoms with Crippen LogP contribution in [0, 0.1) is 17.2 Å². The number of hydrogen-bond donors (Lipinski definition) is 0. The van der Waals surface area contributed by atoms with Gasteiger partial charge in [0.1, 0.15) is 0 Å². The van der Waals surface area contributed by atoms with Crippen molar-refractivity contribution < 1.29 is 0 Å². The molecule has 0 amide bonds. The molecule has 1 aromatic rings. The first-order chi connectivity index (χ1) is 6.29. The first kappa shape index (κ1) is 8.25. The van der Waals surface area contributed by atoms with Gasteiger partial charge in [0.05, 0.1) is 11.5 Å². The molecule has 1 heterocycles. The molecule has 2 atom stereocenters. The van der Waals surface area contributed by atoms with E-state index in [1.165, 1.54) is 0 Å². The third kappa shape index (κ3) is 1.04. The maximum Gasteiger partial charge on any atom is 0.0849 e. The van der Waals surface area contributed by atoms with Crippen LogP contribution in [0.15, 0.2) is 24.5 Å². The molecule has 1 aliphatic rings. The zero-order valence-electron chi connectivity index (χ0n) is 7.70. The summed E-state index contributed by atoms with van der Waals surface area (Å²) in [4.78, 5) is 3.97. The second kappa shape index (κ2) is 2.85. The van der Waals surface area contributed by atoms with Crippen LogP contribution in [0.25, 0.3) is 0 Å². The summed E-state index contributed by atoms with van der Waals surface area (Å²) in [6, 6.07) is 6.37. The van der Waals surface area contributed by atoms with Gasteiger partial charge in [-0.1, -0.05) is 6.92 Å². The first-order valence-corrected chi connectivity index (χ1v) is 4.61. The number of hydrogen-bond acceptors (Lipinski definition) is 2. The van der Waals surface area contributed by atoms with E-state index >= 15 is 0 Å². The largest absolute Gasteiger partial charge is 0.265 e. The Labute approximate surface area is 78.2 Å². The van der Waals surface area contributed by atoms with Crippen LogP contribution in [0.3, 0.4) is 0 Å². The van der Waals surface area contributed by atoms with Crippen molar-refractivity contribution >= 4 is 0 Å². The van der Waals surface area contributed by atoms with Gasteiger partial charge in [-0.2, -0.15) is 5.26 Å². The van der Waals surface area contributed by atoms with Crippen LogP contribution in [0.4, 0.5) is 0 Å². The fourth-order valence-corrected chi connectivity index (χ4v) is 2.03. The van der Waals surface area contributed by atoms with Crippen molar-refractivity contribution in [2.24, 2.45) is 5.92 Å². The molecule has 0 aromatic carbocycles. The van der Waals surface area contributed by atoms with Gasteiger partial charge < -0.3 is 0 Å². The molecule has 0 aliphatic heterocycles. The van der Waals surface area contributed by atoms with Gasteiger partial charge in [-0.3, -0.25) is 4.98 Å². The number of nitrogens with zero attached hydrogens (tertiary/aromatic N) is 2. The van der Waals surface area contributed by atoms with Crippen molar-refractivity contribution in [2.75, 3.05) is 0 Å². The fraction of sp³-hybridized carbons (Fsp3) is 0.455. The highest BCUT2D eigenvalue weighted by molar-refractivity contribution is 5.35. The molecule has 13 heavy (non-hydrogen) atoms. The van der Waals surface area contributed by atoms with Crippen LogP contribution in [-0.2, 0) is 5.41 Å². The summed E-state index contributed by atoms with van der Waals surface area (Å²) < 4.78 is 0. The topological polar surface area (TPSA) is 36.7 Å². The quantitative estimate of drug-likeness (QED) is 0.651. The predicted molar refractivity (Wildman–Crippen MR) is 49.9 cm³/mol. The van der Waals surface area contributed by atoms with E-state index in [9.17, 15) is 5.26 Å². The third-order valence-corrected chi connectivity index (χ3v) is 3.21. The number of rotatable bonds is 1. The van der Waals surface area contributed by atoms with Crippen LogP contribution >= 0.6 is 0 Å². The van der Waals surface area contributed by atoms with Gasteiger partial charge in [0, 0.05) is 12.4 Å². The Morgan fingerprint density at radius 2 is 2.23 bits per heavy atom. The standard InChI is InChI=1S/C11H12N2/c1-9-2-5-11(9,8-12)10-3-6-13-7-4-10/h3-4,6-7,9H,2,5H2,1H3. The molecule has 1 aliphatic carbocycles. The zero-order chi connectivity index (χ0) is 9.31. The highest BCUT2D eigenvalue weighted by atomic mass is 14.6. The lowest BCUT2D eigenvalue weighted by Crippen LogP contribution is -2.41. The van der Waals surface area contributed by atoms with Gasteiger partial charge in [-0.25, -0.2) is 0 Å². The van der Waals surface area contributed by atoms with E-state index in [1.807, 2.05) is 12.1 Å². The molecule has 0 saturated heterocycles. The second-order valence-electron chi connectivity index (χ2n) is 3.76. The highest BCUT2D eigenvalue weighted by Crippen LogP contribution is 2.47. The first-order valence-electron chi connectivity index (χ1n) is 4.61. The van der Waals surface area contributed by atoms with E-state index in [4.69, 9.17) is 0 Å².